The number of hydrogen-bond donors (Lipinski definition) is 0. The fourth-order valence-electron chi connectivity index (χ4n) is 2.41. The summed E-state index contributed by atoms with van der Waals surface area (Å²) in [6.07, 6.45) is 2.06. The van der Waals surface area contributed by atoms with Crippen LogP contribution in [0.5, 0.6) is 0 Å². The van der Waals surface area contributed by atoms with Gasteiger partial charge in [-0.2, -0.15) is 4.40 Å². The first kappa shape index (κ1) is 12.7. The lowest BCUT2D eigenvalue weighted by molar-refractivity contribution is -0.500. The van der Waals surface area contributed by atoms with E-state index in [-0.39, 0.29) is 0 Å². The molecule has 0 atom stereocenters. The van der Waals surface area contributed by atoms with E-state index in [1.54, 1.807) is 0 Å². The van der Waals surface area contributed by atoms with Crippen molar-refractivity contribution in [1.29, 1.82) is 0 Å². The van der Waals surface area contributed by atoms with Gasteiger partial charge in [-0.3, -0.25) is 0 Å². The van der Waals surface area contributed by atoms with Gasteiger partial charge in [0, 0.05) is 30.9 Å². The molecular formula is C16H19N4+. The quantitative estimate of drug-likeness (QED) is 0.681. The van der Waals surface area contributed by atoms with Gasteiger partial charge in [0.05, 0.1) is 11.8 Å². The van der Waals surface area contributed by atoms with Crippen molar-refractivity contribution in [2.24, 2.45) is 0 Å². The Hall–Kier alpha value is -2.36. The van der Waals surface area contributed by atoms with Crippen molar-refractivity contribution < 1.29 is 4.40 Å². The maximum absolute atomic E-state index is 4.63. The van der Waals surface area contributed by atoms with E-state index >= 15 is 0 Å². The molecule has 0 aliphatic rings. The topological polar surface area (TPSA) is 25.2 Å². The van der Waals surface area contributed by atoms with E-state index in [1.807, 2.05) is 22.9 Å². The second-order valence-electron chi connectivity index (χ2n) is 5.01. The summed E-state index contributed by atoms with van der Waals surface area (Å²) in [6, 6.07) is 14.7. The van der Waals surface area contributed by atoms with E-state index in [0.717, 1.165) is 18.0 Å². The van der Waals surface area contributed by atoms with Gasteiger partial charge in [0.1, 0.15) is 6.54 Å². The third-order valence-electron chi connectivity index (χ3n) is 3.48. The van der Waals surface area contributed by atoms with Gasteiger partial charge in [-0.1, -0.05) is 6.07 Å². The number of nitrogens with zero attached hydrogens (tertiary/aromatic N) is 4. The second kappa shape index (κ2) is 4.96. The van der Waals surface area contributed by atoms with Crippen molar-refractivity contribution in [1.82, 2.24) is 9.78 Å². The maximum Gasteiger partial charge on any atom is 0.306 e. The molecule has 2 aromatic heterocycles. The molecule has 0 fully saturated rings. The van der Waals surface area contributed by atoms with Crippen LogP contribution in [0.3, 0.4) is 0 Å². The zero-order valence-electron chi connectivity index (χ0n) is 12.1. The van der Waals surface area contributed by atoms with Gasteiger partial charge in [-0.25, -0.2) is 0 Å². The Kier molecular flexibility index (Phi) is 3.14. The molecule has 0 saturated heterocycles. The van der Waals surface area contributed by atoms with Gasteiger partial charge in [0.2, 0.25) is 0 Å². The number of aryl methyl sites for hydroxylation is 1. The van der Waals surface area contributed by atoms with Crippen LogP contribution in [0.1, 0.15) is 6.92 Å². The summed E-state index contributed by atoms with van der Waals surface area (Å²) in [6.45, 7) is 2.97. The SMILES string of the molecule is CCn1nc2cccc[n+]2c1-c1ccc(N(C)C)cc1. The first-order chi connectivity index (χ1) is 9.70. The summed E-state index contributed by atoms with van der Waals surface area (Å²) in [7, 11) is 4.10. The second-order valence-corrected chi connectivity index (χ2v) is 5.01. The zero-order valence-corrected chi connectivity index (χ0v) is 12.1. The predicted octanol–water partition coefficient (Wildman–Crippen LogP) is 2.37. The molecule has 0 N–H and O–H groups in total. The van der Waals surface area contributed by atoms with E-state index in [2.05, 4.69) is 65.9 Å². The molecule has 20 heavy (non-hydrogen) atoms. The Bertz CT molecular complexity index is 726. The van der Waals surface area contributed by atoms with Crippen LogP contribution >= 0.6 is 0 Å². The van der Waals surface area contributed by atoms with Crippen LogP contribution in [-0.2, 0) is 6.54 Å². The maximum atomic E-state index is 4.63. The number of rotatable bonds is 3. The van der Waals surface area contributed by atoms with Gasteiger partial charge in [-0.05, 0) is 37.3 Å². The number of anilines is 1. The van der Waals surface area contributed by atoms with Crippen molar-refractivity contribution in [2.45, 2.75) is 13.5 Å². The highest BCUT2D eigenvalue weighted by atomic mass is 15.4. The Labute approximate surface area is 118 Å². The molecule has 4 nitrogen and oxygen atoms in total. The Morgan fingerprint density at radius 2 is 1.85 bits per heavy atom. The fraction of sp³-hybridized carbons (Fsp3) is 0.250. The number of benzene rings is 1. The van der Waals surface area contributed by atoms with E-state index < -0.39 is 0 Å². The number of pyridine rings is 1. The number of hydrogen-bond acceptors (Lipinski definition) is 2. The van der Waals surface area contributed by atoms with Crippen LogP contribution in [0.15, 0.2) is 48.7 Å². The molecule has 102 valence electrons. The summed E-state index contributed by atoms with van der Waals surface area (Å²) in [4.78, 5) is 2.10. The molecule has 3 rings (SSSR count). The van der Waals surface area contributed by atoms with Crippen LogP contribution in [0.25, 0.3) is 17.0 Å². The van der Waals surface area contributed by atoms with Gasteiger partial charge in [0.25, 0.3) is 5.82 Å². The summed E-state index contributed by atoms with van der Waals surface area (Å²) in [5, 5.41) is 4.63. The number of aromatic nitrogens is 3. The highest BCUT2D eigenvalue weighted by Gasteiger charge is 2.20. The smallest absolute Gasteiger partial charge is 0.306 e. The Balaban J connectivity index is 2.17. The highest BCUT2D eigenvalue weighted by Crippen LogP contribution is 2.20. The van der Waals surface area contributed by atoms with Crippen molar-refractivity contribution in [3.63, 3.8) is 0 Å². The molecule has 0 spiro atoms. The molecule has 0 amide bonds. The summed E-state index contributed by atoms with van der Waals surface area (Å²) in [5.74, 6) is 1.12. The molecule has 0 bridgehead atoms. The molecule has 0 aliphatic carbocycles. The van der Waals surface area contributed by atoms with Gasteiger partial charge in [0.15, 0.2) is 0 Å². The normalized spacial score (nSPS) is 10.9. The van der Waals surface area contributed by atoms with Crippen LogP contribution < -0.4 is 9.30 Å². The standard InChI is InChI=1S/C16H19N4/c1-4-20-16(19-12-6-5-7-15(19)17-20)13-8-10-14(11-9-13)18(2)3/h5-12H,4H2,1-3H3/q+1. The average molecular weight is 267 g/mol. The predicted molar refractivity (Wildman–Crippen MR) is 80.8 cm³/mol. The lowest BCUT2D eigenvalue weighted by atomic mass is 10.2. The van der Waals surface area contributed by atoms with Crippen molar-refractivity contribution in [3.8, 4) is 11.4 Å². The number of fused-ring (bicyclic) bond motifs is 1. The molecule has 1 aromatic carbocycles. The molecule has 0 saturated carbocycles. The third-order valence-corrected chi connectivity index (χ3v) is 3.48. The van der Waals surface area contributed by atoms with Gasteiger partial charge >= 0.3 is 5.65 Å². The largest absolute Gasteiger partial charge is 0.378 e. The third kappa shape index (κ3) is 2.03. The van der Waals surface area contributed by atoms with E-state index in [9.17, 15) is 0 Å². The molecule has 0 unspecified atom stereocenters. The zero-order chi connectivity index (χ0) is 14.1. The lowest BCUT2D eigenvalue weighted by Gasteiger charge is -2.12. The molecule has 0 radical (unpaired) electrons. The highest BCUT2D eigenvalue weighted by molar-refractivity contribution is 5.59. The molecule has 2 heterocycles. The van der Waals surface area contributed by atoms with E-state index in [0.29, 0.717) is 0 Å². The molecule has 4 heteroatoms. The Morgan fingerprint density at radius 1 is 1.10 bits per heavy atom. The van der Waals surface area contributed by atoms with Crippen LogP contribution in [0.2, 0.25) is 0 Å². The Morgan fingerprint density at radius 3 is 2.50 bits per heavy atom. The molecule has 0 aliphatic heterocycles. The summed E-state index contributed by atoms with van der Waals surface area (Å²) < 4.78 is 4.17. The van der Waals surface area contributed by atoms with E-state index in [4.69, 9.17) is 0 Å². The minimum Gasteiger partial charge on any atom is -0.378 e. The van der Waals surface area contributed by atoms with Crippen LogP contribution in [-0.4, -0.2) is 23.9 Å². The van der Waals surface area contributed by atoms with Crippen molar-refractivity contribution in [2.75, 3.05) is 19.0 Å². The summed E-state index contributed by atoms with van der Waals surface area (Å²) >= 11 is 0. The fourth-order valence-corrected chi connectivity index (χ4v) is 2.41. The van der Waals surface area contributed by atoms with Crippen LogP contribution in [0.4, 0.5) is 5.69 Å². The van der Waals surface area contributed by atoms with Gasteiger partial charge in [-0.15, -0.1) is 4.68 Å². The van der Waals surface area contributed by atoms with Crippen LogP contribution in [0, 0.1) is 0 Å². The summed E-state index contributed by atoms with van der Waals surface area (Å²) in [5.41, 5.74) is 3.35. The molecule has 3 aromatic rings. The van der Waals surface area contributed by atoms with E-state index in [1.165, 1.54) is 11.3 Å². The monoisotopic (exact) mass is 267 g/mol. The van der Waals surface area contributed by atoms with Crippen molar-refractivity contribution in [3.05, 3.63) is 48.7 Å². The first-order valence-corrected chi connectivity index (χ1v) is 6.85. The van der Waals surface area contributed by atoms with Gasteiger partial charge < -0.3 is 4.90 Å². The first-order valence-electron chi connectivity index (χ1n) is 6.85. The lowest BCUT2D eigenvalue weighted by Crippen LogP contribution is -2.22. The minimum atomic E-state index is 0.854. The average Bonchev–Trinajstić information content (AvgIpc) is 2.85. The molecular weight excluding hydrogens is 248 g/mol. The van der Waals surface area contributed by atoms with Crippen molar-refractivity contribution >= 4 is 11.3 Å². The minimum absolute atomic E-state index is 0.854.